The Labute approximate surface area is 121 Å². The Morgan fingerprint density at radius 2 is 1.79 bits per heavy atom. The maximum Gasteiger partial charge on any atom is 0.191 e. The third kappa shape index (κ3) is 5.68. The Hall–Kier alpha value is -0.970. The zero-order chi connectivity index (χ0) is 14.3. The first kappa shape index (κ1) is 16.1. The monoisotopic (exact) mass is 282 g/mol. The zero-order valence-corrected chi connectivity index (χ0v) is 13.5. The third-order valence-electron chi connectivity index (χ3n) is 3.15. The number of hydrogen-bond acceptors (Lipinski definition) is 5. The van der Waals surface area contributed by atoms with E-state index >= 15 is 0 Å². The minimum absolute atomic E-state index is 0.279. The van der Waals surface area contributed by atoms with E-state index in [9.17, 15) is 0 Å². The number of nitrogens with one attached hydrogen (secondary N) is 2. The van der Waals surface area contributed by atoms with Crippen molar-refractivity contribution in [3.63, 3.8) is 0 Å². The fraction of sp³-hybridized carbons (Fsp3) is 0.714. The first-order valence-corrected chi connectivity index (χ1v) is 8.14. The molecule has 0 unspecified atom stereocenters. The Morgan fingerprint density at radius 3 is 2.32 bits per heavy atom. The van der Waals surface area contributed by atoms with Crippen molar-refractivity contribution in [1.82, 2.24) is 9.97 Å². The highest BCUT2D eigenvalue weighted by molar-refractivity contribution is 7.98. The van der Waals surface area contributed by atoms with Crippen LogP contribution in [0.2, 0.25) is 0 Å². The molecule has 1 aromatic heterocycles. The predicted octanol–water partition coefficient (Wildman–Crippen LogP) is 3.87. The number of anilines is 2. The average Bonchev–Trinajstić information content (AvgIpc) is 2.42. The first-order valence-electron chi connectivity index (χ1n) is 6.91. The van der Waals surface area contributed by atoms with Crippen LogP contribution in [0.5, 0.6) is 0 Å². The molecule has 0 saturated heterocycles. The van der Waals surface area contributed by atoms with Gasteiger partial charge in [-0.05, 0) is 24.5 Å². The van der Waals surface area contributed by atoms with E-state index in [2.05, 4.69) is 48.3 Å². The van der Waals surface area contributed by atoms with Crippen LogP contribution in [0.1, 0.15) is 40.5 Å². The molecule has 0 aliphatic rings. The highest BCUT2D eigenvalue weighted by Crippen LogP contribution is 2.22. The summed E-state index contributed by atoms with van der Waals surface area (Å²) in [5.41, 5.74) is 0.279. The highest BCUT2D eigenvalue weighted by atomic mass is 32.2. The van der Waals surface area contributed by atoms with Gasteiger partial charge in [0.1, 0.15) is 11.6 Å². The Bertz CT molecular complexity index is 393. The van der Waals surface area contributed by atoms with Crippen LogP contribution in [0, 0.1) is 5.41 Å². The van der Waals surface area contributed by atoms with Crippen LogP contribution in [-0.4, -0.2) is 29.3 Å². The quantitative estimate of drug-likeness (QED) is 0.560. The number of nitrogens with zero attached hydrogens (tertiary/aromatic N) is 2. The van der Waals surface area contributed by atoms with E-state index in [0.717, 1.165) is 42.7 Å². The van der Waals surface area contributed by atoms with Gasteiger partial charge in [-0.2, -0.15) is 0 Å². The lowest BCUT2D eigenvalue weighted by Gasteiger charge is -2.23. The number of aromatic nitrogens is 2. The maximum absolute atomic E-state index is 4.50. The molecule has 2 N–H and O–H groups in total. The van der Waals surface area contributed by atoms with Gasteiger partial charge in [0.25, 0.3) is 0 Å². The van der Waals surface area contributed by atoms with Gasteiger partial charge >= 0.3 is 0 Å². The van der Waals surface area contributed by atoms with E-state index in [-0.39, 0.29) is 5.41 Å². The summed E-state index contributed by atoms with van der Waals surface area (Å²) in [5, 5.41) is 7.54. The van der Waals surface area contributed by atoms with Crippen molar-refractivity contribution in [3.8, 4) is 0 Å². The summed E-state index contributed by atoms with van der Waals surface area (Å²) in [6, 6.07) is 1.99. The van der Waals surface area contributed by atoms with Gasteiger partial charge in [0.2, 0.25) is 0 Å². The van der Waals surface area contributed by atoms with E-state index in [1.54, 1.807) is 11.8 Å². The lowest BCUT2D eigenvalue weighted by molar-refractivity contribution is 0.376. The fourth-order valence-electron chi connectivity index (χ4n) is 1.41. The maximum atomic E-state index is 4.50. The highest BCUT2D eigenvalue weighted by Gasteiger charge is 2.15. The van der Waals surface area contributed by atoms with Crippen LogP contribution in [0.15, 0.2) is 11.2 Å². The number of thioether (sulfide) groups is 1. The minimum Gasteiger partial charge on any atom is -0.370 e. The summed E-state index contributed by atoms with van der Waals surface area (Å²) in [6.45, 7) is 10.7. The SMILES string of the molecule is CCCNc1cc(NCC(C)(C)CC)nc(SC)n1. The van der Waals surface area contributed by atoms with Crippen molar-refractivity contribution in [3.05, 3.63) is 6.07 Å². The molecule has 108 valence electrons. The Balaban J connectivity index is 2.76. The molecule has 1 rings (SSSR count). The molecule has 0 aliphatic carbocycles. The van der Waals surface area contributed by atoms with Gasteiger partial charge in [-0.25, -0.2) is 9.97 Å². The van der Waals surface area contributed by atoms with Crippen molar-refractivity contribution in [1.29, 1.82) is 0 Å². The lowest BCUT2D eigenvalue weighted by atomic mass is 9.90. The van der Waals surface area contributed by atoms with Gasteiger partial charge in [-0.3, -0.25) is 0 Å². The summed E-state index contributed by atoms with van der Waals surface area (Å²) in [6.07, 6.45) is 4.23. The Kier molecular flexibility index (Phi) is 6.42. The van der Waals surface area contributed by atoms with Crippen molar-refractivity contribution in [2.45, 2.75) is 45.7 Å². The molecule has 1 aromatic rings. The molecule has 0 atom stereocenters. The van der Waals surface area contributed by atoms with Gasteiger partial charge in [-0.1, -0.05) is 39.5 Å². The van der Waals surface area contributed by atoms with Crippen molar-refractivity contribution < 1.29 is 0 Å². The predicted molar refractivity (Wildman–Crippen MR) is 85.2 cm³/mol. The van der Waals surface area contributed by atoms with Crippen LogP contribution < -0.4 is 10.6 Å². The average molecular weight is 282 g/mol. The summed E-state index contributed by atoms with van der Waals surface area (Å²) in [4.78, 5) is 8.95. The molecule has 1 heterocycles. The molecule has 19 heavy (non-hydrogen) atoms. The molecular weight excluding hydrogens is 256 g/mol. The molecule has 0 aliphatic heterocycles. The number of rotatable bonds is 8. The molecular formula is C14H26N4S. The summed E-state index contributed by atoms with van der Waals surface area (Å²) in [7, 11) is 0. The van der Waals surface area contributed by atoms with Crippen molar-refractivity contribution in [2.24, 2.45) is 5.41 Å². The number of hydrogen-bond donors (Lipinski definition) is 2. The van der Waals surface area contributed by atoms with Crippen LogP contribution in [-0.2, 0) is 0 Å². The molecule has 4 nitrogen and oxygen atoms in total. The molecule has 0 fully saturated rings. The van der Waals surface area contributed by atoms with E-state index in [0.29, 0.717) is 0 Å². The molecule has 0 spiro atoms. The van der Waals surface area contributed by atoms with Crippen LogP contribution in [0.25, 0.3) is 0 Å². The second kappa shape index (κ2) is 7.58. The van der Waals surface area contributed by atoms with Gasteiger partial charge < -0.3 is 10.6 Å². The second-order valence-corrected chi connectivity index (χ2v) is 6.20. The van der Waals surface area contributed by atoms with E-state index in [1.807, 2.05) is 12.3 Å². The third-order valence-corrected chi connectivity index (χ3v) is 3.70. The van der Waals surface area contributed by atoms with Crippen LogP contribution in [0.3, 0.4) is 0 Å². The zero-order valence-electron chi connectivity index (χ0n) is 12.7. The molecule has 0 saturated carbocycles. The lowest BCUT2D eigenvalue weighted by Crippen LogP contribution is -2.22. The largest absolute Gasteiger partial charge is 0.370 e. The molecule has 0 amide bonds. The Morgan fingerprint density at radius 1 is 1.16 bits per heavy atom. The smallest absolute Gasteiger partial charge is 0.191 e. The molecule has 0 radical (unpaired) electrons. The standard InChI is InChI=1S/C14H26N4S/c1-6-8-15-11-9-12(18-13(17-11)19-5)16-10-14(3,4)7-2/h9H,6-8,10H2,1-5H3,(H2,15,16,17,18). The summed E-state index contributed by atoms with van der Waals surface area (Å²) >= 11 is 1.57. The van der Waals surface area contributed by atoms with Gasteiger partial charge in [0.05, 0.1) is 0 Å². The minimum atomic E-state index is 0.279. The van der Waals surface area contributed by atoms with Crippen molar-refractivity contribution >= 4 is 23.4 Å². The van der Waals surface area contributed by atoms with Gasteiger partial charge in [-0.15, -0.1) is 0 Å². The second-order valence-electron chi connectivity index (χ2n) is 5.42. The molecule has 5 heteroatoms. The van der Waals surface area contributed by atoms with Gasteiger partial charge in [0, 0.05) is 19.2 Å². The van der Waals surface area contributed by atoms with Crippen LogP contribution >= 0.6 is 11.8 Å². The molecule has 0 bridgehead atoms. The summed E-state index contributed by atoms with van der Waals surface area (Å²) in [5.74, 6) is 1.80. The first-order chi connectivity index (χ1) is 9.00. The van der Waals surface area contributed by atoms with Crippen LogP contribution in [0.4, 0.5) is 11.6 Å². The fourth-order valence-corrected chi connectivity index (χ4v) is 1.78. The van der Waals surface area contributed by atoms with E-state index in [1.165, 1.54) is 0 Å². The van der Waals surface area contributed by atoms with Crippen molar-refractivity contribution in [2.75, 3.05) is 30.0 Å². The normalized spacial score (nSPS) is 11.4. The van der Waals surface area contributed by atoms with E-state index < -0.39 is 0 Å². The van der Waals surface area contributed by atoms with E-state index in [4.69, 9.17) is 0 Å². The van der Waals surface area contributed by atoms with Gasteiger partial charge in [0.15, 0.2) is 5.16 Å². The topological polar surface area (TPSA) is 49.8 Å². The molecule has 0 aromatic carbocycles. The summed E-state index contributed by atoms with van der Waals surface area (Å²) < 4.78 is 0.